The highest BCUT2D eigenvalue weighted by Crippen LogP contribution is 2.30. The average molecular weight is 371 g/mol. The van der Waals surface area contributed by atoms with Gasteiger partial charge in [0, 0.05) is 16.0 Å². The van der Waals surface area contributed by atoms with Crippen molar-refractivity contribution in [2.24, 2.45) is 0 Å². The molecule has 0 amide bonds. The number of aromatic nitrogens is 2. The third-order valence-corrected chi connectivity index (χ3v) is 5.08. The molecule has 0 spiro atoms. The Kier molecular flexibility index (Phi) is 4.11. The van der Waals surface area contributed by atoms with Gasteiger partial charge in [0.25, 0.3) is 5.56 Å². The Balaban J connectivity index is 1.83. The Morgan fingerprint density at radius 1 is 1.16 bits per heavy atom. The Labute approximate surface area is 152 Å². The van der Waals surface area contributed by atoms with Crippen LogP contribution in [0.25, 0.3) is 21.3 Å². The predicted molar refractivity (Wildman–Crippen MR) is 99.8 cm³/mol. The van der Waals surface area contributed by atoms with Crippen molar-refractivity contribution >= 4 is 33.2 Å². The molecule has 6 heteroatoms. The zero-order valence-electron chi connectivity index (χ0n) is 12.9. The minimum absolute atomic E-state index is 0.120. The first-order chi connectivity index (χ1) is 12.1. The van der Waals surface area contributed by atoms with E-state index in [-0.39, 0.29) is 11.4 Å². The van der Waals surface area contributed by atoms with E-state index in [0.29, 0.717) is 21.8 Å². The molecule has 0 fully saturated rings. The fourth-order valence-corrected chi connectivity index (χ4v) is 3.87. The summed E-state index contributed by atoms with van der Waals surface area (Å²) in [4.78, 5) is 18.0. The maximum Gasteiger partial charge on any atom is 0.263 e. The molecule has 25 heavy (non-hydrogen) atoms. The second-order valence-corrected chi connectivity index (χ2v) is 6.94. The molecule has 0 aliphatic rings. The number of hydrogen-bond donors (Lipinski definition) is 0. The van der Waals surface area contributed by atoms with Gasteiger partial charge in [0.1, 0.15) is 10.6 Å². The zero-order chi connectivity index (χ0) is 17.4. The molecule has 3 nitrogen and oxygen atoms in total. The molecule has 4 aromatic rings. The molecule has 2 aromatic carbocycles. The largest absolute Gasteiger partial charge is 0.294 e. The number of fused-ring (bicyclic) bond motifs is 1. The topological polar surface area (TPSA) is 34.9 Å². The molecule has 124 valence electrons. The monoisotopic (exact) mass is 370 g/mol. The molecule has 0 radical (unpaired) electrons. The van der Waals surface area contributed by atoms with Crippen LogP contribution in [0.4, 0.5) is 4.39 Å². The van der Waals surface area contributed by atoms with E-state index in [1.165, 1.54) is 23.5 Å². The molecule has 0 saturated heterocycles. The summed E-state index contributed by atoms with van der Waals surface area (Å²) in [5, 5.41) is 3.07. The van der Waals surface area contributed by atoms with Gasteiger partial charge >= 0.3 is 0 Å². The highest BCUT2D eigenvalue weighted by molar-refractivity contribution is 7.17. The SMILES string of the molecule is O=c1c2c(-c3ccc(F)cc3)csc2ncn1Cc1cccc(Cl)c1. The lowest BCUT2D eigenvalue weighted by molar-refractivity contribution is 0.628. The molecule has 4 rings (SSSR count). The summed E-state index contributed by atoms with van der Waals surface area (Å²) in [7, 11) is 0. The van der Waals surface area contributed by atoms with Crippen LogP contribution in [0.5, 0.6) is 0 Å². The van der Waals surface area contributed by atoms with Crippen LogP contribution in [-0.4, -0.2) is 9.55 Å². The Morgan fingerprint density at radius 2 is 1.96 bits per heavy atom. The van der Waals surface area contributed by atoms with E-state index in [1.807, 2.05) is 23.6 Å². The summed E-state index contributed by atoms with van der Waals surface area (Å²) >= 11 is 7.42. The van der Waals surface area contributed by atoms with E-state index in [1.54, 1.807) is 29.1 Å². The van der Waals surface area contributed by atoms with Crippen molar-refractivity contribution in [2.45, 2.75) is 6.54 Å². The number of halogens is 2. The molecule has 0 bridgehead atoms. The first-order valence-corrected chi connectivity index (χ1v) is 8.84. The van der Waals surface area contributed by atoms with Crippen LogP contribution < -0.4 is 5.56 Å². The Bertz CT molecular complexity index is 1120. The zero-order valence-corrected chi connectivity index (χ0v) is 14.5. The lowest BCUT2D eigenvalue weighted by atomic mass is 10.1. The Morgan fingerprint density at radius 3 is 2.72 bits per heavy atom. The van der Waals surface area contributed by atoms with Crippen LogP contribution in [-0.2, 0) is 6.54 Å². The smallest absolute Gasteiger partial charge is 0.263 e. The summed E-state index contributed by atoms with van der Waals surface area (Å²) in [6.45, 7) is 0.390. The standard InChI is InChI=1S/C19H12ClFN2OS/c20-14-3-1-2-12(8-14)9-23-11-22-18-17(19(23)24)16(10-25-18)13-4-6-15(21)7-5-13/h1-8,10-11H,9H2. The lowest BCUT2D eigenvalue weighted by Gasteiger charge is -2.07. The van der Waals surface area contributed by atoms with Crippen LogP contribution in [0.2, 0.25) is 5.02 Å². The number of rotatable bonds is 3. The van der Waals surface area contributed by atoms with Gasteiger partial charge in [0.05, 0.1) is 18.3 Å². The van der Waals surface area contributed by atoms with Gasteiger partial charge in [0.15, 0.2) is 0 Å². The number of hydrogen-bond acceptors (Lipinski definition) is 3. The molecular weight excluding hydrogens is 359 g/mol. The van der Waals surface area contributed by atoms with Crippen molar-refractivity contribution in [1.82, 2.24) is 9.55 Å². The van der Waals surface area contributed by atoms with Gasteiger partial charge in [-0.15, -0.1) is 11.3 Å². The van der Waals surface area contributed by atoms with E-state index in [9.17, 15) is 9.18 Å². The third-order valence-electron chi connectivity index (χ3n) is 3.96. The lowest BCUT2D eigenvalue weighted by Crippen LogP contribution is -2.20. The van der Waals surface area contributed by atoms with Crippen LogP contribution in [0, 0.1) is 5.82 Å². The van der Waals surface area contributed by atoms with E-state index in [2.05, 4.69) is 4.98 Å². The predicted octanol–water partition coefficient (Wildman–Crippen LogP) is 4.97. The van der Waals surface area contributed by atoms with Gasteiger partial charge in [0.2, 0.25) is 0 Å². The van der Waals surface area contributed by atoms with Gasteiger partial charge in [-0.1, -0.05) is 35.9 Å². The summed E-state index contributed by atoms with van der Waals surface area (Å²) in [5.41, 5.74) is 2.38. The molecule has 2 heterocycles. The molecule has 2 aromatic heterocycles. The quantitative estimate of drug-likeness (QED) is 0.510. The summed E-state index contributed by atoms with van der Waals surface area (Å²) in [5.74, 6) is -0.306. The maximum atomic E-state index is 13.2. The second kappa shape index (κ2) is 6.43. The van der Waals surface area contributed by atoms with Crippen LogP contribution in [0.3, 0.4) is 0 Å². The van der Waals surface area contributed by atoms with Crippen molar-refractivity contribution in [3.05, 3.63) is 87.0 Å². The highest BCUT2D eigenvalue weighted by Gasteiger charge is 2.13. The van der Waals surface area contributed by atoms with Crippen LogP contribution in [0.15, 0.2) is 65.0 Å². The molecule has 0 saturated carbocycles. The van der Waals surface area contributed by atoms with Gasteiger partial charge in [-0.05, 0) is 35.4 Å². The molecule has 0 atom stereocenters. The fraction of sp³-hybridized carbons (Fsp3) is 0.0526. The van der Waals surface area contributed by atoms with E-state index in [4.69, 9.17) is 11.6 Å². The molecule has 0 aliphatic carbocycles. The Hall–Kier alpha value is -2.50. The number of thiophene rings is 1. The van der Waals surface area contributed by atoms with Crippen LogP contribution >= 0.6 is 22.9 Å². The molecule has 0 unspecified atom stereocenters. The van der Waals surface area contributed by atoms with Gasteiger partial charge in [-0.3, -0.25) is 9.36 Å². The number of nitrogens with zero attached hydrogens (tertiary/aromatic N) is 2. The first-order valence-electron chi connectivity index (χ1n) is 7.59. The third kappa shape index (κ3) is 3.08. The van der Waals surface area contributed by atoms with Crippen molar-refractivity contribution in [1.29, 1.82) is 0 Å². The van der Waals surface area contributed by atoms with Crippen molar-refractivity contribution in [3.8, 4) is 11.1 Å². The molecule has 0 aliphatic heterocycles. The van der Waals surface area contributed by atoms with Gasteiger partial charge in [-0.25, -0.2) is 9.37 Å². The maximum absolute atomic E-state index is 13.2. The minimum Gasteiger partial charge on any atom is -0.294 e. The van der Waals surface area contributed by atoms with E-state index in [0.717, 1.165) is 16.7 Å². The van der Waals surface area contributed by atoms with Crippen molar-refractivity contribution < 1.29 is 4.39 Å². The normalized spacial score (nSPS) is 11.1. The number of benzene rings is 2. The van der Waals surface area contributed by atoms with E-state index >= 15 is 0 Å². The summed E-state index contributed by atoms with van der Waals surface area (Å²) < 4.78 is 14.7. The highest BCUT2D eigenvalue weighted by atomic mass is 35.5. The van der Waals surface area contributed by atoms with Crippen molar-refractivity contribution in [3.63, 3.8) is 0 Å². The van der Waals surface area contributed by atoms with Crippen LogP contribution in [0.1, 0.15) is 5.56 Å². The van der Waals surface area contributed by atoms with Crippen molar-refractivity contribution in [2.75, 3.05) is 0 Å². The average Bonchev–Trinajstić information content (AvgIpc) is 3.03. The van der Waals surface area contributed by atoms with Gasteiger partial charge in [-0.2, -0.15) is 0 Å². The minimum atomic E-state index is -0.306. The van der Waals surface area contributed by atoms with E-state index < -0.39 is 0 Å². The molecular formula is C19H12ClFN2OS. The van der Waals surface area contributed by atoms with Gasteiger partial charge < -0.3 is 0 Å². The first kappa shape index (κ1) is 16.0. The summed E-state index contributed by atoms with van der Waals surface area (Å²) in [6.07, 6.45) is 1.55. The molecule has 0 N–H and O–H groups in total. The second-order valence-electron chi connectivity index (χ2n) is 5.64. The fourth-order valence-electron chi connectivity index (χ4n) is 2.75. The summed E-state index contributed by atoms with van der Waals surface area (Å²) in [6, 6.07) is 13.5.